The molecule has 1 aliphatic rings. The molecule has 8 heteroatoms. The lowest BCUT2D eigenvalue weighted by atomic mass is 9.97. The fourth-order valence-corrected chi connectivity index (χ4v) is 2.93. The molecule has 2 atom stereocenters. The van der Waals surface area contributed by atoms with Gasteiger partial charge in [0, 0.05) is 31.3 Å². The number of nitrogens with zero attached hydrogens (tertiary/aromatic N) is 1. The minimum absolute atomic E-state index is 0.0509. The van der Waals surface area contributed by atoms with E-state index in [1.807, 2.05) is 18.2 Å². The van der Waals surface area contributed by atoms with Gasteiger partial charge in [-0.05, 0) is 36.6 Å². The zero-order valence-corrected chi connectivity index (χ0v) is 14.3. The predicted octanol–water partition coefficient (Wildman–Crippen LogP) is 1.38. The fourth-order valence-electron chi connectivity index (χ4n) is 2.93. The van der Waals surface area contributed by atoms with Crippen molar-refractivity contribution >= 4 is 17.5 Å². The van der Waals surface area contributed by atoms with Crippen LogP contribution in [0, 0.1) is 0 Å². The molecule has 26 heavy (non-hydrogen) atoms. The number of hydrogen-bond acceptors (Lipinski definition) is 5. The van der Waals surface area contributed by atoms with Crippen LogP contribution in [0.25, 0.3) is 0 Å². The molecular formula is C18H20N4O4. The van der Waals surface area contributed by atoms with Crippen LogP contribution in [0.3, 0.4) is 0 Å². The Labute approximate surface area is 150 Å². The lowest BCUT2D eigenvalue weighted by Crippen LogP contribution is -2.38. The van der Waals surface area contributed by atoms with Gasteiger partial charge >= 0.3 is 0 Å². The van der Waals surface area contributed by atoms with Crippen molar-refractivity contribution in [1.82, 2.24) is 15.5 Å². The van der Waals surface area contributed by atoms with Crippen molar-refractivity contribution in [2.24, 2.45) is 0 Å². The standard InChI is InChI=1S/C18H20N4O4/c1-11(23)19-14-7-8-26-16(10-14)12-3-2-4-13(9-12)20-18(25)15-5-6-17(24)22-21-15/h2-6,9,14,16H,7-8,10H2,1H3,(H,19,23)(H,20,25)(H,22,24)/t14-,16+/m0/s1. The molecule has 0 spiro atoms. The van der Waals surface area contributed by atoms with Crippen LogP contribution < -0.4 is 16.2 Å². The van der Waals surface area contributed by atoms with E-state index >= 15 is 0 Å². The van der Waals surface area contributed by atoms with Gasteiger partial charge in [-0.1, -0.05) is 12.1 Å². The quantitative estimate of drug-likeness (QED) is 0.766. The van der Waals surface area contributed by atoms with Crippen molar-refractivity contribution in [1.29, 1.82) is 0 Å². The third-order valence-corrected chi connectivity index (χ3v) is 4.12. The average molecular weight is 356 g/mol. The van der Waals surface area contributed by atoms with Gasteiger partial charge in [0.2, 0.25) is 5.91 Å². The summed E-state index contributed by atoms with van der Waals surface area (Å²) in [7, 11) is 0. The molecular weight excluding hydrogens is 336 g/mol. The second-order valence-electron chi connectivity index (χ2n) is 6.17. The number of nitrogens with one attached hydrogen (secondary N) is 3. The summed E-state index contributed by atoms with van der Waals surface area (Å²) in [5.74, 6) is -0.468. The number of aromatic nitrogens is 2. The van der Waals surface area contributed by atoms with Crippen LogP contribution in [-0.4, -0.2) is 34.7 Å². The Kier molecular flexibility index (Phi) is 5.43. The van der Waals surface area contributed by atoms with E-state index in [4.69, 9.17) is 4.74 Å². The summed E-state index contributed by atoms with van der Waals surface area (Å²) < 4.78 is 5.82. The van der Waals surface area contributed by atoms with Crippen LogP contribution in [0.5, 0.6) is 0 Å². The number of benzene rings is 1. The third kappa shape index (κ3) is 4.54. The number of ether oxygens (including phenoxy) is 1. The lowest BCUT2D eigenvalue weighted by molar-refractivity contribution is -0.120. The van der Waals surface area contributed by atoms with Crippen molar-refractivity contribution in [3.63, 3.8) is 0 Å². The Morgan fingerprint density at radius 2 is 2.12 bits per heavy atom. The van der Waals surface area contributed by atoms with E-state index in [2.05, 4.69) is 20.8 Å². The van der Waals surface area contributed by atoms with Gasteiger partial charge in [0.05, 0.1) is 6.10 Å². The second-order valence-corrected chi connectivity index (χ2v) is 6.17. The lowest BCUT2D eigenvalue weighted by Gasteiger charge is -2.30. The smallest absolute Gasteiger partial charge is 0.276 e. The average Bonchev–Trinajstić information content (AvgIpc) is 2.62. The van der Waals surface area contributed by atoms with Crippen LogP contribution in [0.1, 0.15) is 41.9 Å². The summed E-state index contributed by atoms with van der Waals surface area (Å²) in [5.41, 5.74) is 1.28. The monoisotopic (exact) mass is 356 g/mol. The molecule has 3 N–H and O–H groups in total. The maximum atomic E-state index is 12.2. The Hall–Kier alpha value is -3.00. The molecule has 0 unspecified atom stereocenters. The second kappa shape index (κ2) is 7.92. The first-order chi connectivity index (χ1) is 12.5. The Morgan fingerprint density at radius 3 is 2.85 bits per heavy atom. The van der Waals surface area contributed by atoms with E-state index in [0.29, 0.717) is 18.7 Å². The topological polar surface area (TPSA) is 113 Å². The summed E-state index contributed by atoms with van der Waals surface area (Å²) in [5, 5.41) is 11.6. The molecule has 2 amide bonds. The van der Waals surface area contributed by atoms with Crippen molar-refractivity contribution in [2.75, 3.05) is 11.9 Å². The zero-order valence-electron chi connectivity index (χ0n) is 14.3. The Bertz CT molecular complexity index is 844. The van der Waals surface area contributed by atoms with Gasteiger partial charge in [-0.3, -0.25) is 14.4 Å². The minimum atomic E-state index is -0.418. The van der Waals surface area contributed by atoms with Crippen LogP contribution >= 0.6 is 0 Å². The largest absolute Gasteiger partial charge is 0.373 e. The number of aromatic amines is 1. The molecule has 1 aliphatic heterocycles. The molecule has 1 aromatic carbocycles. The van der Waals surface area contributed by atoms with Gasteiger partial charge in [-0.15, -0.1) is 0 Å². The summed E-state index contributed by atoms with van der Waals surface area (Å²) in [4.78, 5) is 34.5. The van der Waals surface area contributed by atoms with E-state index in [0.717, 1.165) is 12.0 Å². The van der Waals surface area contributed by atoms with E-state index in [9.17, 15) is 14.4 Å². The molecule has 8 nitrogen and oxygen atoms in total. The maximum Gasteiger partial charge on any atom is 0.276 e. The van der Waals surface area contributed by atoms with E-state index in [1.165, 1.54) is 19.1 Å². The zero-order chi connectivity index (χ0) is 18.5. The predicted molar refractivity (Wildman–Crippen MR) is 94.8 cm³/mol. The van der Waals surface area contributed by atoms with Gasteiger partial charge < -0.3 is 15.4 Å². The van der Waals surface area contributed by atoms with Crippen LogP contribution in [0.2, 0.25) is 0 Å². The SMILES string of the molecule is CC(=O)N[C@H]1CCO[C@@H](c2cccc(NC(=O)c3ccc(=O)[nH]n3)c2)C1. The van der Waals surface area contributed by atoms with Crippen molar-refractivity contribution in [3.05, 3.63) is 58.0 Å². The first-order valence-electron chi connectivity index (χ1n) is 8.37. The molecule has 0 aliphatic carbocycles. The first-order valence-corrected chi connectivity index (χ1v) is 8.37. The van der Waals surface area contributed by atoms with E-state index in [-0.39, 0.29) is 29.3 Å². The Morgan fingerprint density at radius 1 is 1.27 bits per heavy atom. The number of amides is 2. The molecule has 2 heterocycles. The summed E-state index contributed by atoms with van der Waals surface area (Å²) in [6.45, 7) is 2.07. The number of hydrogen-bond donors (Lipinski definition) is 3. The minimum Gasteiger partial charge on any atom is -0.373 e. The Balaban J connectivity index is 1.69. The molecule has 3 rings (SSSR count). The maximum absolute atomic E-state index is 12.2. The molecule has 0 saturated carbocycles. The molecule has 2 aromatic rings. The van der Waals surface area contributed by atoms with Crippen LogP contribution in [0.4, 0.5) is 5.69 Å². The van der Waals surface area contributed by atoms with Gasteiger partial charge in [0.25, 0.3) is 11.5 Å². The molecule has 1 fully saturated rings. The molecule has 1 saturated heterocycles. The highest BCUT2D eigenvalue weighted by Gasteiger charge is 2.24. The van der Waals surface area contributed by atoms with Gasteiger partial charge in [-0.2, -0.15) is 5.10 Å². The summed E-state index contributed by atoms with van der Waals surface area (Å²) >= 11 is 0. The number of carbonyl (C=O) groups excluding carboxylic acids is 2. The number of H-pyrrole nitrogens is 1. The number of rotatable bonds is 4. The normalized spacial score (nSPS) is 19.6. The highest BCUT2D eigenvalue weighted by Crippen LogP contribution is 2.29. The number of carbonyl (C=O) groups is 2. The summed E-state index contributed by atoms with van der Waals surface area (Å²) in [6, 6.07) is 10.0. The van der Waals surface area contributed by atoms with Gasteiger partial charge in [0.1, 0.15) is 5.69 Å². The number of anilines is 1. The molecule has 136 valence electrons. The van der Waals surface area contributed by atoms with E-state index in [1.54, 1.807) is 6.07 Å². The van der Waals surface area contributed by atoms with Crippen LogP contribution in [-0.2, 0) is 9.53 Å². The first kappa shape index (κ1) is 17.8. The van der Waals surface area contributed by atoms with Gasteiger partial charge in [-0.25, -0.2) is 5.10 Å². The fraction of sp³-hybridized carbons (Fsp3) is 0.333. The van der Waals surface area contributed by atoms with Crippen molar-refractivity contribution in [3.8, 4) is 0 Å². The highest BCUT2D eigenvalue weighted by atomic mass is 16.5. The van der Waals surface area contributed by atoms with Crippen LogP contribution in [0.15, 0.2) is 41.2 Å². The van der Waals surface area contributed by atoms with Gasteiger partial charge in [0.15, 0.2) is 0 Å². The summed E-state index contributed by atoms with van der Waals surface area (Å²) in [6.07, 6.45) is 1.31. The van der Waals surface area contributed by atoms with Crippen molar-refractivity contribution in [2.45, 2.75) is 31.9 Å². The molecule has 1 aromatic heterocycles. The highest BCUT2D eigenvalue weighted by molar-refractivity contribution is 6.02. The molecule has 0 radical (unpaired) electrons. The van der Waals surface area contributed by atoms with Crippen molar-refractivity contribution < 1.29 is 14.3 Å². The third-order valence-electron chi connectivity index (χ3n) is 4.12. The molecule has 0 bridgehead atoms. The van der Waals surface area contributed by atoms with E-state index < -0.39 is 5.91 Å².